The first-order valence-corrected chi connectivity index (χ1v) is 5.01. The van der Waals surface area contributed by atoms with Crippen LogP contribution in [0.1, 0.15) is 6.42 Å². The summed E-state index contributed by atoms with van der Waals surface area (Å²) in [5.41, 5.74) is 5.65. The summed E-state index contributed by atoms with van der Waals surface area (Å²) in [5.74, 6) is 0.340. The van der Waals surface area contributed by atoms with Crippen LogP contribution in [0.3, 0.4) is 0 Å². The highest BCUT2D eigenvalue weighted by Crippen LogP contribution is 2.05. The average molecular weight is 178 g/mol. The number of rotatable bonds is 3. The average Bonchev–Trinajstić information content (AvgIpc) is 2.31. The van der Waals surface area contributed by atoms with Gasteiger partial charge < -0.3 is 15.2 Å². The Hall–Kier alpha value is 0.0300. The van der Waals surface area contributed by atoms with Crippen molar-refractivity contribution in [3.05, 3.63) is 0 Å². The fourth-order valence-corrected chi connectivity index (χ4v) is 1.69. The van der Waals surface area contributed by atoms with Gasteiger partial charge in [-0.15, -0.1) is 0 Å². The molecule has 0 radical (unpaired) electrons. The molecular formula is C6H14N2O2S. The van der Waals surface area contributed by atoms with Gasteiger partial charge in [-0.3, -0.25) is 0 Å². The van der Waals surface area contributed by atoms with Gasteiger partial charge in [0.05, 0.1) is 5.75 Å². The first-order valence-electron chi connectivity index (χ1n) is 3.74. The highest BCUT2D eigenvalue weighted by atomic mass is 32.2. The molecule has 0 bridgehead atoms. The monoisotopic (exact) mass is 178 g/mol. The SMILES string of the molecule is NC1CCN(CCS(=O)O)C1. The lowest BCUT2D eigenvalue weighted by atomic mass is 10.3. The van der Waals surface area contributed by atoms with Crippen LogP contribution >= 0.6 is 0 Å². The Balaban J connectivity index is 2.13. The standard InChI is InChI=1S/C6H14N2O2S/c7-6-1-2-8(5-6)3-4-11(9)10/h6H,1-5,7H2,(H,9,10). The van der Waals surface area contributed by atoms with E-state index in [2.05, 4.69) is 4.90 Å². The van der Waals surface area contributed by atoms with E-state index in [1.165, 1.54) is 0 Å². The molecule has 66 valence electrons. The van der Waals surface area contributed by atoms with Crippen LogP contribution in [0.2, 0.25) is 0 Å². The molecule has 2 unspecified atom stereocenters. The first-order chi connectivity index (χ1) is 5.18. The van der Waals surface area contributed by atoms with Crippen LogP contribution in [0.4, 0.5) is 0 Å². The molecule has 0 amide bonds. The largest absolute Gasteiger partial charge is 0.326 e. The summed E-state index contributed by atoms with van der Waals surface area (Å²) in [4.78, 5) is 2.12. The summed E-state index contributed by atoms with van der Waals surface area (Å²) in [6.07, 6.45) is 1.01. The van der Waals surface area contributed by atoms with E-state index in [-0.39, 0.29) is 6.04 Å². The molecule has 1 saturated heterocycles. The Morgan fingerprint density at radius 3 is 2.91 bits per heavy atom. The lowest BCUT2D eigenvalue weighted by Crippen LogP contribution is -2.29. The Morgan fingerprint density at radius 1 is 1.73 bits per heavy atom. The molecule has 0 aliphatic carbocycles. The van der Waals surface area contributed by atoms with Gasteiger partial charge in [0.1, 0.15) is 0 Å². The Kier molecular flexibility index (Phi) is 3.45. The first kappa shape index (κ1) is 9.12. The van der Waals surface area contributed by atoms with Crippen molar-refractivity contribution in [1.29, 1.82) is 0 Å². The second-order valence-corrected chi connectivity index (χ2v) is 3.93. The molecule has 1 aliphatic rings. The van der Waals surface area contributed by atoms with Crippen molar-refractivity contribution >= 4 is 11.1 Å². The number of hydrogen-bond acceptors (Lipinski definition) is 3. The van der Waals surface area contributed by atoms with E-state index in [9.17, 15) is 4.21 Å². The smallest absolute Gasteiger partial charge is 0.154 e. The molecule has 5 heteroatoms. The van der Waals surface area contributed by atoms with Crippen LogP contribution in [-0.2, 0) is 11.1 Å². The predicted molar refractivity (Wildman–Crippen MR) is 44.7 cm³/mol. The third-order valence-corrected chi connectivity index (χ3v) is 2.42. The maximum atomic E-state index is 10.3. The fraction of sp³-hybridized carbons (Fsp3) is 1.00. The third-order valence-electron chi connectivity index (χ3n) is 1.89. The van der Waals surface area contributed by atoms with Crippen molar-refractivity contribution in [3.63, 3.8) is 0 Å². The zero-order valence-corrected chi connectivity index (χ0v) is 7.22. The Labute approximate surface area is 69.0 Å². The zero-order chi connectivity index (χ0) is 8.27. The molecule has 4 nitrogen and oxygen atoms in total. The molecule has 1 heterocycles. The van der Waals surface area contributed by atoms with Gasteiger partial charge in [0.15, 0.2) is 11.1 Å². The summed E-state index contributed by atoms with van der Waals surface area (Å²) in [6, 6.07) is 0.266. The van der Waals surface area contributed by atoms with Gasteiger partial charge in [-0.2, -0.15) is 0 Å². The molecule has 1 aliphatic heterocycles. The third kappa shape index (κ3) is 3.29. The maximum absolute atomic E-state index is 10.3. The van der Waals surface area contributed by atoms with E-state index < -0.39 is 11.1 Å². The molecule has 0 aromatic carbocycles. The molecular weight excluding hydrogens is 164 g/mol. The molecule has 0 spiro atoms. The van der Waals surface area contributed by atoms with Crippen LogP contribution in [0, 0.1) is 0 Å². The lowest BCUT2D eigenvalue weighted by molar-refractivity contribution is 0.353. The molecule has 0 aromatic rings. The van der Waals surface area contributed by atoms with Crippen molar-refractivity contribution in [2.75, 3.05) is 25.4 Å². The van der Waals surface area contributed by atoms with E-state index in [0.29, 0.717) is 12.3 Å². The fourth-order valence-electron chi connectivity index (χ4n) is 1.27. The molecule has 0 aromatic heterocycles. The Bertz CT molecular complexity index is 154. The van der Waals surface area contributed by atoms with Crippen molar-refractivity contribution in [2.45, 2.75) is 12.5 Å². The Morgan fingerprint density at radius 2 is 2.45 bits per heavy atom. The van der Waals surface area contributed by atoms with Crippen LogP contribution < -0.4 is 5.73 Å². The summed E-state index contributed by atoms with van der Waals surface area (Å²) in [5, 5.41) is 0. The van der Waals surface area contributed by atoms with E-state index in [1.54, 1.807) is 0 Å². The molecule has 1 rings (SSSR count). The number of nitrogens with two attached hydrogens (primary N) is 1. The lowest BCUT2D eigenvalue weighted by Gasteiger charge is -2.12. The van der Waals surface area contributed by atoms with E-state index >= 15 is 0 Å². The minimum atomic E-state index is -1.66. The van der Waals surface area contributed by atoms with Crippen LogP contribution in [0.15, 0.2) is 0 Å². The topological polar surface area (TPSA) is 66.6 Å². The quantitative estimate of drug-likeness (QED) is 0.558. The molecule has 11 heavy (non-hydrogen) atoms. The van der Waals surface area contributed by atoms with Crippen molar-refractivity contribution in [2.24, 2.45) is 5.73 Å². The second kappa shape index (κ2) is 4.15. The number of hydrogen-bond donors (Lipinski definition) is 2. The van der Waals surface area contributed by atoms with Gasteiger partial charge >= 0.3 is 0 Å². The summed E-state index contributed by atoms with van der Waals surface area (Å²) in [7, 11) is 0. The molecule has 2 atom stereocenters. The van der Waals surface area contributed by atoms with Gasteiger partial charge in [-0.25, -0.2) is 4.21 Å². The van der Waals surface area contributed by atoms with Gasteiger partial charge in [-0.1, -0.05) is 0 Å². The van der Waals surface area contributed by atoms with Crippen LogP contribution in [0.25, 0.3) is 0 Å². The zero-order valence-electron chi connectivity index (χ0n) is 6.40. The van der Waals surface area contributed by atoms with Crippen LogP contribution in [-0.4, -0.2) is 45.1 Å². The summed E-state index contributed by atoms with van der Waals surface area (Å²) >= 11 is -1.66. The van der Waals surface area contributed by atoms with E-state index in [0.717, 1.165) is 19.5 Å². The number of likely N-dealkylation sites (tertiary alicyclic amines) is 1. The van der Waals surface area contributed by atoms with Crippen LogP contribution in [0.5, 0.6) is 0 Å². The second-order valence-electron chi connectivity index (χ2n) is 2.87. The molecule has 0 saturated carbocycles. The van der Waals surface area contributed by atoms with E-state index in [1.807, 2.05) is 0 Å². The van der Waals surface area contributed by atoms with E-state index in [4.69, 9.17) is 10.3 Å². The minimum absolute atomic E-state index is 0.266. The summed E-state index contributed by atoms with van der Waals surface area (Å²) < 4.78 is 18.8. The minimum Gasteiger partial charge on any atom is -0.326 e. The highest BCUT2D eigenvalue weighted by molar-refractivity contribution is 7.79. The molecule has 1 fully saturated rings. The van der Waals surface area contributed by atoms with Gasteiger partial charge in [0, 0.05) is 19.1 Å². The molecule has 3 N–H and O–H groups in total. The maximum Gasteiger partial charge on any atom is 0.154 e. The van der Waals surface area contributed by atoms with Crippen molar-refractivity contribution < 1.29 is 8.76 Å². The normalized spacial score (nSPS) is 29.1. The highest BCUT2D eigenvalue weighted by Gasteiger charge is 2.18. The van der Waals surface area contributed by atoms with Gasteiger partial charge in [-0.05, 0) is 13.0 Å². The van der Waals surface area contributed by atoms with Gasteiger partial charge in [0.2, 0.25) is 0 Å². The predicted octanol–water partition coefficient (Wildman–Crippen LogP) is -0.759. The van der Waals surface area contributed by atoms with Crippen molar-refractivity contribution in [3.8, 4) is 0 Å². The van der Waals surface area contributed by atoms with Crippen molar-refractivity contribution in [1.82, 2.24) is 4.90 Å². The number of nitrogens with zero attached hydrogens (tertiary/aromatic N) is 1. The van der Waals surface area contributed by atoms with Gasteiger partial charge in [0.25, 0.3) is 0 Å². The summed E-state index contributed by atoms with van der Waals surface area (Å²) in [6.45, 7) is 2.53.